The van der Waals surface area contributed by atoms with Crippen molar-refractivity contribution in [3.8, 4) is 5.75 Å². The predicted molar refractivity (Wildman–Crippen MR) is 88.9 cm³/mol. The minimum absolute atomic E-state index is 0.183. The fourth-order valence-corrected chi connectivity index (χ4v) is 3.84. The number of nitrogen functional groups attached to an aromatic ring is 1. The standard InChI is InChI=1S/C15H13BrClNOS/c16-10-1-4-14-9(5-10)6-12(19-14)8-20-15-7-11(17)2-3-13(15)18/h1-5,7,12H,6,8,18H2. The van der Waals surface area contributed by atoms with E-state index in [1.165, 1.54) is 5.56 Å². The summed E-state index contributed by atoms with van der Waals surface area (Å²) in [6.45, 7) is 0. The molecule has 3 rings (SSSR count). The first kappa shape index (κ1) is 14.1. The van der Waals surface area contributed by atoms with Gasteiger partial charge in [-0.15, -0.1) is 11.8 Å². The Labute approximate surface area is 135 Å². The van der Waals surface area contributed by atoms with Crippen molar-refractivity contribution in [1.29, 1.82) is 0 Å². The Hall–Kier alpha value is -0.840. The van der Waals surface area contributed by atoms with Crippen LogP contribution < -0.4 is 10.5 Å². The molecule has 0 amide bonds. The van der Waals surface area contributed by atoms with Gasteiger partial charge in [0, 0.05) is 32.3 Å². The average Bonchev–Trinajstić information content (AvgIpc) is 2.81. The van der Waals surface area contributed by atoms with Gasteiger partial charge < -0.3 is 10.5 Å². The molecule has 1 aliphatic rings. The molecule has 0 bridgehead atoms. The molecule has 1 aliphatic heterocycles. The first-order valence-electron chi connectivity index (χ1n) is 6.25. The number of benzene rings is 2. The quantitative estimate of drug-likeness (QED) is 0.624. The minimum Gasteiger partial charge on any atom is -0.489 e. The van der Waals surface area contributed by atoms with Crippen molar-refractivity contribution in [3.63, 3.8) is 0 Å². The zero-order chi connectivity index (χ0) is 14.1. The van der Waals surface area contributed by atoms with E-state index in [1.807, 2.05) is 24.3 Å². The monoisotopic (exact) mass is 369 g/mol. The first-order chi connectivity index (χ1) is 9.61. The third kappa shape index (κ3) is 3.08. The highest BCUT2D eigenvalue weighted by atomic mass is 79.9. The Morgan fingerprint density at radius 3 is 3.00 bits per heavy atom. The summed E-state index contributed by atoms with van der Waals surface area (Å²) < 4.78 is 7.03. The van der Waals surface area contributed by atoms with E-state index in [9.17, 15) is 0 Å². The van der Waals surface area contributed by atoms with E-state index in [4.69, 9.17) is 22.1 Å². The lowest BCUT2D eigenvalue weighted by Crippen LogP contribution is -2.15. The molecule has 0 saturated carbocycles. The van der Waals surface area contributed by atoms with Crippen molar-refractivity contribution in [3.05, 3.63) is 51.5 Å². The van der Waals surface area contributed by atoms with Crippen LogP contribution in [0.3, 0.4) is 0 Å². The molecule has 0 radical (unpaired) electrons. The number of halogens is 2. The topological polar surface area (TPSA) is 35.2 Å². The summed E-state index contributed by atoms with van der Waals surface area (Å²) in [6.07, 6.45) is 1.12. The van der Waals surface area contributed by atoms with Crippen molar-refractivity contribution in [1.82, 2.24) is 0 Å². The van der Waals surface area contributed by atoms with Crippen LogP contribution in [0.1, 0.15) is 5.56 Å². The molecule has 0 spiro atoms. The van der Waals surface area contributed by atoms with Gasteiger partial charge >= 0.3 is 0 Å². The average molecular weight is 371 g/mol. The molecular formula is C15H13BrClNOS. The number of hydrogen-bond donors (Lipinski definition) is 1. The van der Waals surface area contributed by atoms with Crippen molar-refractivity contribution in [2.75, 3.05) is 11.5 Å². The summed E-state index contributed by atoms with van der Waals surface area (Å²) in [5.74, 6) is 1.84. The van der Waals surface area contributed by atoms with E-state index >= 15 is 0 Å². The highest BCUT2D eigenvalue weighted by Gasteiger charge is 2.23. The Balaban J connectivity index is 1.65. The molecule has 1 unspecified atom stereocenters. The number of anilines is 1. The molecule has 1 heterocycles. The summed E-state index contributed by atoms with van der Waals surface area (Å²) in [5, 5.41) is 0.709. The van der Waals surface area contributed by atoms with Crippen molar-refractivity contribution in [2.45, 2.75) is 17.4 Å². The zero-order valence-corrected chi connectivity index (χ0v) is 13.8. The van der Waals surface area contributed by atoms with Gasteiger partial charge in [-0.05, 0) is 42.0 Å². The summed E-state index contributed by atoms with van der Waals surface area (Å²) in [7, 11) is 0. The molecule has 2 aromatic rings. The summed E-state index contributed by atoms with van der Waals surface area (Å²) in [6, 6.07) is 11.7. The SMILES string of the molecule is Nc1ccc(Cl)cc1SCC1Cc2cc(Br)ccc2O1. The number of nitrogens with two attached hydrogens (primary N) is 1. The van der Waals surface area contributed by atoms with E-state index in [1.54, 1.807) is 17.8 Å². The largest absolute Gasteiger partial charge is 0.489 e. The van der Waals surface area contributed by atoms with Gasteiger partial charge in [0.15, 0.2) is 0 Å². The van der Waals surface area contributed by atoms with Crippen LogP contribution in [-0.4, -0.2) is 11.9 Å². The molecule has 0 aliphatic carbocycles. The van der Waals surface area contributed by atoms with Gasteiger partial charge in [0.25, 0.3) is 0 Å². The second-order valence-corrected chi connectivity index (χ2v) is 7.10. The zero-order valence-electron chi connectivity index (χ0n) is 10.6. The van der Waals surface area contributed by atoms with Gasteiger partial charge in [0.2, 0.25) is 0 Å². The maximum atomic E-state index is 6.00. The van der Waals surface area contributed by atoms with Gasteiger partial charge in [-0.25, -0.2) is 0 Å². The third-order valence-corrected chi connectivity index (χ3v) is 5.10. The molecule has 1 atom stereocenters. The lowest BCUT2D eigenvalue weighted by Gasteiger charge is -2.11. The van der Waals surface area contributed by atoms with Crippen molar-refractivity contribution >= 4 is 45.0 Å². The van der Waals surface area contributed by atoms with E-state index in [2.05, 4.69) is 22.0 Å². The van der Waals surface area contributed by atoms with Gasteiger partial charge in [-0.3, -0.25) is 0 Å². The molecule has 2 aromatic carbocycles. The second-order valence-electron chi connectivity index (χ2n) is 4.69. The lowest BCUT2D eigenvalue weighted by atomic mass is 10.1. The smallest absolute Gasteiger partial charge is 0.123 e. The van der Waals surface area contributed by atoms with Crippen LogP contribution in [0.2, 0.25) is 5.02 Å². The summed E-state index contributed by atoms with van der Waals surface area (Å²) in [4.78, 5) is 1.01. The van der Waals surface area contributed by atoms with Gasteiger partial charge in [-0.1, -0.05) is 27.5 Å². The summed E-state index contributed by atoms with van der Waals surface area (Å²) in [5.41, 5.74) is 7.97. The molecular weight excluding hydrogens is 358 g/mol. The van der Waals surface area contributed by atoms with E-state index in [-0.39, 0.29) is 6.10 Å². The van der Waals surface area contributed by atoms with Crippen LogP contribution in [0.15, 0.2) is 45.8 Å². The van der Waals surface area contributed by atoms with E-state index < -0.39 is 0 Å². The molecule has 2 nitrogen and oxygen atoms in total. The van der Waals surface area contributed by atoms with Crippen LogP contribution in [-0.2, 0) is 6.42 Å². The molecule has 2 N–H and O–H groups in total. The molecule has 0 fully saturated rings. The van der Waals surface area contributed by atoms with Crippen LogP contribution in [0.5, 0.6) is 5.75 Å². The summed E-state index contributed by atoms with van der Waals surface area (Å²) >= 11 is 11.2. The highest BCUT2D eigenvalue weighted by Crippen LogP contribution is 2.35. The lowest BCUT2D eigenvalue weighted by molar-refractivity contribution is 0.259. The number of hydrogen-bond acceptors (Lipinski definition) is 3. The Kier molecular flexibility index (Phi) is 4.15. The second kappa shape index (κ2) is 5.88. The highest BCUT2D eigenvalue weighted by molar-refractivity contribution is 9.10. The Morgan fingerprint density at radius 1 is 1.30 bits per heavy atom. The van der Waals surface area contributed by atoms with Crippen molar-refractivity contribution in [2.24, 2.45) is 0 Å². The van der Waals surface area contributed by atoms with Gasteiger partial charge in [-0.2, -0.15) is 0 Å². The predicted octanol–water partition coefficient (Wildman–Crippen LogP) is 4.78. The number of ether oxygens (including phenoxy) is 1. The van der Waals surface area contributed by atoms with Crippen LogP contribution >= 0.6 is 39.3 Å². The maximum Gasteiger partial charge on any atom is 0.123 e. The number of fused-ring (bicyclic) bond motifs is 1. The normalized spacial score (nSPS) is 16.8. The number of rotatable bonds is 3. The van der Waals surface area contributed by atoms with Gasteiger partial charge in [0.1, 0.15) is 11.9 Å². The minimum atomic E-state index is 0.183. The first-order valence-corrected chi connectivity index (χ1v) is 8.40. The van der Waals surface area contributed by atoms with Crippen LogP contribution in [0.4, 0.5) is 5.69 Å². The van der Waals surface area contributed by atoms with E-state index in [0.717, 1.165) is 33.0 Å². The van der Waals surface area contributed by atoms with Crippen molar-refractivity contribution < 1.29 is 4.74 Å². The van der Waals surface area contributed by atoms with Crippen LogP contribution in [0, 0.1) is 0 Å². The van der Waals surface area contributed by atoms with Crippen LogP contribution in [0.25, 0.3) is 0 Å². The Bertz CT molecular complexity index is 650. The molecule has 0 aromatic heterocycles. The van der Waals surface area contributed by atoms with E-state index in [0.29, 0.717) is 5.02 Å². The maximum absolute atomic E-state index is 6.00. The molecule has 5 heteroatoms. The van der Waals surface area contributed by atoms with Gasteiger partial charge in [0.05, 0.1) is 0 Å². The number of thioether (sulfide) groups is 1. The third-order valence-electron chi connectivity index (χ3n) is 3.16. The molecule has 0 saturated heterocycles. The molecule has 104 valence electrons. The Morgan fingerprint density at radius 2 is 2.15 bits per heavy atom. The molecule has 20 heavy (non-hydrogen) atoms. The fourth-order valence-electron chi connectivity index (χ4n) is 2.20. The fraction of sp³-hybridized carbons (Fsp3) is 0.200.